The second kappa shape index (κ2) is 4.47. The van der Waals surface area contributed by atoms with E-state index in [0.717, 1.165) is 16.6 Å². The van der Waals surface area contributed by atoms with E-state index in [1.165, 1.54) is 12.1 Å². The first kappa shape index (κ1) is 11.5. The quantitative estimate of drug-likeness (QED) is 0.470. The Balaban J connectivity index is 2.57. The maximum absolute atomic E-state index is 10.6. The molecule has 0 saturated heterocycles. The Labute approximate surface area is 108 Å². The molecular formula is C10H6Br2N2O2. The summed E-state index contributed by atoms with van der Waals surface area (Å²) in [6.45, 7) is 0. The van der Waals surface area contributed by atoms with Crippen molar-refractivity contribution in [1.82, 2.24) is 4.98 Å². The average Bonchev–Trinajstić information content (AvgIpc) is 2.27. The van der Waals surface area contributed by atoms with Crippen molar-refractivity contribution in [1.29, 1.82) is 0 Å². The van der Waals surface area contributed by atoms with Crippen molar-refractivity contribution < 1.29 is 4.92 Å². The normalized spacial score (nSPS) is 10.9. The standard InChI is InChI=1S/C10H6Br2N2O2/c11-10(12)9-3-1-6-5-7(14(15)16)2-4-8(6)13-9/h1-5,10H. The van der Waals surface area contributed by atoms with E-state index in [2.05, 4.69) is 36.8 Å². The molecule has 0 aliphatic heterocycles. The molecule has 2 aromatic rings. The number of benzene rings is 1. The monoisotopic (exact) mass is 344 g/mol. The van der Waals surface area contributed by atoms with Crippen LogP contribution in [0.2, 0.25) is 0 Å². The highest BCUT2D eigenvalue weighted by Crippen LogP contribution is 2.29. The maximum atomic E-state index is 10.6. The van der Waals surface area contributed by atoms with Gasteiger partial charge in [-0.3, -0.25) is 15.1 Å². The van der Waals surface area contributed by atoms with Gasteiger partial charge in [-0.2, -0.15) is 0 Å². The maximum Gasteiger partial charge on any atom is 0.270 e. The summed E-state index contributed by atoms with van der Waals surface area (Å²) in [5, 5.41) is 11.4. The highest BCUT2D eigenvalue weighted by atomic mass is 79.9. The molecule has 0 radical (unpaired) electrons. The van der Waals surface area contributed by atoms with Gasteiger partial charge in [-0.1, -0.05) is 37.9 Å². The van der Waals surface area contributed by atoms with Crippen LogP contribution in [-0.4, -0.2) is 9.91 Å². The Hall–Kier alpha value is -1.01. The van der Waals surface area contributed by atoms with Crippen molar-refractivity contribution in [3.63, 3.8) is 0 Å². The number of alkyl halides is 2. The SMILES string of the molecule is O=[N+]([O-])c1ccc2nc(C(Br)Br)ccc2c1. The lowest BCUT2D eigenvalue weighted by molar-refractivity contribution is -0.384. The van der Waals surface area contributed by atoms with Crippen molar-refractivity contribution in [2.45, 2.75) is 3.74 Å². The third-order valence-electron chi connectivity index (χ3n) is 2.13. The molecule has 0 amide bonds. The Morgan fingerprint density at radius 3 is 2.62 bits per heavy atom. The molecule has 6 heteroatoms. The molecule has 0 atom stereocenters. The van der Waals surface area contributed by atoms with Crippen LogP contribution in [0.25, 0.3) is 10.9 Å². The zero-order valence-corrected chi connectivity index (χ0v) is 11.1. The molecular weight excluding hydrogens is 340 g/mol. The van der Waals surface area contributed by atoms with Crippen molar-refractivity contribution in [2.24, 2.45) is 0 Å². The highest BCUT2D eigenvalue weighted by Gasteiger charge is 2.09. The van der Waals surface area contributed by atoms with Crippen LogP contribution in [0.5, 0.6) is 0 Å². The van der Waals surface area contributed by atoms with Gasteiger partial charge in [-0.25, -0.2) is 0 Å². The van der Waals surface area contributed by atoms with Crippen LogP contribution in [-0.2, 0) is 0 Å². The predicted molar refractivity (Wildman–Crippen MR) is 69.0 cm³/mol. The van der Waals surface area contributed by atoms with E-state index in [1.54, 1.807) is 6.07 Å². The number of nitro groups is 1. The van der Waals surface area contributed by atoms with Crippen LogP contribution in [0.1, 0.15) is 9.43 Å². The van der Waals surface area contributed by atoms with E-state index in [4.69, 9.17) is 0 Å². The van der Waals surface area contributed by atoms with Crippen LogP contribution in [0, 0.1) is 10.1 Å². The number of non-ortho nitro benzene ring substituents is 1. The predicted octanol–water partition coefficient (Wildman–Crippen LogP) is 3.93. The Morgan fingerprint density at radius 2 is 2.00 bits per heavy atom. The number of fused-ring (bicyclic) bond motifs is 1. The number of rotatable bonds is 2. The Kier molecular flexibility index (Phi) is 3.20. The Morgan fingerprint density at radius 1 is 1.25 bits per heavy atom. The molecule has 0 bridgehead atoms. The first-order valence-corrected chi connectivity index (χ1v) is 6.24. The van der Waals surface area contributed by atoms with Crippen molar-refractivity contribution in [3.05, 3.63) is 46.1 Å². The number of aromatic nitrogens is 1. The van der Waals surface area contributed by atoms with E-state index in [1.807, 2.05) is 12.1 Å². The van der Waals surface area contributed by atoms with Crippen LogP contribution < -0.4 is 0 Å². The van der Waals surface area contributed by atoms with Gasteiger partial charge in [0.2, 0.25) is 0 Å². The minimum atomic E-state index is -0.412. The molecule has 1 heterocycles. The minimum absolute atomic E-state index is 0.0143. The summed E-state index contributed by atoms with van der Waals surface area (Å²) < 4.78 is -0.0143. The van der Waals surface area contributed by atoms with Crippen LogP contribution in [0.15, 0.2) is 30.3 Å². The largest absolute Gasteiger partial charge is 0.270 e. The van der Waals surface area contributed by atoms with Crippen molar-refractivity contribution >= 4 is 48.5 Å². The first-order valence-electron chi connectivity index (χ1n) is 4.41. The molecule has 16 heavy (non-hydrogen) atoms. The van der Waals surface area contributed by atoms with Gasteiger partial charge in [0, 0.05) is 17.5 Å². The lowest BCUT2D eigenvalue weighted by Gasteiger charge is -2.03. The molecule has 1 aromatic carbocycles. The topological polar surface area (TPSA) is 56.0 Å². The molecule has 1 aromatic heterocycles. The molecule has 0 spiro atoms. The summed E-state index contributed by atoms with van der Waals surface area (Å²) in [7, 11) is 0. The van der Waals surface area contributed by atoms with Gasteiger partial charge in [0.15, 0.2) is 0 Å². The number of halogens is 2. The van der Waals surface area contributed by atoms with Gasteiger partial charge in [0.05, 0.1) is 16.1 Å². The number of nitrogens with zero attached hydrogens (tertiary/aromatic N) is 2. The Bertz CT molecular complexity index is 558. The minimum Gasteiger partial charge on any atom is -0.258 e. The zero-order valence-electron chi connectivity index (χ0n) is 7.93. The molecule has 0 N–H and O–H groups in total. The second-order valence-electron chi connectivity index (χ2n) is 3.17. The first-order chi connectivity index (χ1) is 7.58. The zero-order chi connectivity index (χ0) is 11.7. The third-order valence-corrected chi connectivity index (χ3v) is 3.07. The third kappa shape index (κ3) is 2.22. The smallest absolute Gasteiger partial charge is 0.258 e. The number of pyridine rings is 1. The molecule has 82 valence electrons. The fourth-order valence-electron chi connectivity index (χ4n) is 1.36. The summed E-state index contributed by atoms with van der Waals surface area (Å²) in [6.07, 6.45) is 0. The second-order valence-corrected chi connectivity index (χ2v) is 6.23. The number of nitro benzene ring substituents is 1. The van der Waals surface area contributed by atoms with Gasteiger partial charge in [0.1, 0.15) is 3.74 Å². The van der Waals surface area contributed by atoms with Crippen LogP contribution in [0.4, 0.5) is 5.69 Å². The summed E-state index contributed by atoms with van der Waals surface area (Å²) >= 11 is 6.70. The molecule has 0 unspecified atom stereocenters. The lowest BCUT2D eigenvalue weighted by Crippen LogP contribution is -1.91. The summed E-state index contributed by atoms with van der Waals surface area (Å²) in [5.41, 5.74) is 1.66. The van der Waals surface area contributed by atoms with Gasteiger partial charge in [-0.15, -0.1) is 0 Å². The van der Waals surface area contributed by atoms with Gasteiger partial charge < -0.3 is 0 Å². The van der Waals surface area contributed by atoms with E-state index in [-0.39, 0.29) is 9.42 Å². The van der Waals surface area contributed by atoms with Crippen LogP contribution in [0.3, 0.4) is 0 Å². The summed E-state index contributed by atoms with van der Waals surface area (Å²) in [4.78, 5) is 14.5. The van der Waals surface area contributed by atoms with E-state index >= 15 is 0 Å². The van der Waals surface area contributed by atoms with Crippen molar-refractivity contribution in [3.8, 4) is 0 Å². The fraction of sp³-hybridized carbons (Fsp3) is 0.100. The lowest BCUT2D eigenvalue weighted by atomic mass is 10.2. The van der Waals surface area contributed by atoms with E-state index < -0.39 is 4.92 Å². The molecule has 0 aliphatic rings. The molecule has 2 rings (SSSR count). The summed E-state index contributed by atoms with van der Waals surface area (Å²) in [6, 6.07) is 8.26. The fourth-order valence-corrected chi connectivity index (χ4v) is 1.87. The van der Waals surface area contributed by atoms with E-state index in [0.29, 0.717) is 0 Å². The van der Waals surface area contributed by atoms with Crippen molar-refractivity contribution in [2.75, 3.05) is 0 Å². The number of hydrogen-bond donors (Lipinski definition) is 0. The van der Waals surface area contributed by atoms with E-state index in [9.17, 15) is 10.1 Å². The molecule has 0 aliphatic carbocycles. The van der Waals surface area contributed by atoms with Crippen LogP contribution >= 0.6 is 31.9 Å². The van der Waals surface area contributed by atoms with Gasteiger partial charge in [0.25, 0.3) is 5.69 Å². The summed E-state index contributed by atoms with van der Waals surface area (Å²) in [5.74, 6) is 0. The average molecular weight is 346 g/mol. The molecule has 4 nitrogen and oxygen atoms in total. The number of hydrogen-bond acceptors (Lipinski definition) is 3. The molecule has 0 fully saturated rings. The van der Waals surface area contributed by atoms with Gasteiger partial charge in [-0.05, 0) is 12.1 Å². The van der Waals surface area contributed by atoms with Gasteiger partial charge >= 0.3 is 0 Å². The highest BCUT2D eigenvalue weighted by molar-refractivity contribution is 9.24. The molecule has 0 saturated carbocycles.